The third-order valence-corrected chi connectivity index (χ3v) is 4.73. The lowest BCUT2D eigenvalue weighted by Gasteiger charge is -2.36. The molecule has 6 N–H and O–H groups in total. The monoisotopic (exact) mass is 424 g/mol. The number of rotatable bonds is 4. The fourth-order valence-corrected chi connectivity index (χ4v) is 3.17. The Kier molecular flexibility index (Phi) is 5.99. The van der Waals surface area contributed by atoms with E-state index in [1.54, 1.807) is 0 Å². The van der Waals surface area contributed by atoms with Crippen LogP contribution in [0, 0.1) is 0 Å². The number of benzene rings is 1. The molecule has 2 aromatic carbocycles. The highest BCUT2D eigenvalue weighted by Gasteiger charge is 2.38. The smallest absolute Gasteiger partial charge is 0.338 e. The molecule has 11 heteroatoms. The van der Waals surface area contributed by atoms with Crippen LogP contribution in [-0.2, 0) is 9.47 Å². The van der Waals surface area contributed by atoms with Gasteiger partial charge in [0.05, 0.1) is 30.8 Å². The molecule has 2 aromatic rings. The zero-order chi connectivity index (χ0) is 22.2. The molecule has 0 amide bonds. The van der Waals surface area contributed by atoms with Gasteiger partial charge in [0, 0.05) is 12.5 Å². The van der Waals surface area contributed by atoms with Gasteiger partial charge in [-0.2, -0.15) is 0 Å². The van der Waals surface area contributed by atoms with E-state index in [-0.39, 0.29) is 23.1 Å². The number of aliphatic hydroxyl groups excluding tert-OH is 3. The highest BCUT2D eigenvalue weighted by atomic mass is 16.7. The lowest BCUT2D eigenvalue weighted by atomic mass is 10.0. The van der Waals surface area contributed by atoms with Crippen LogP contribution in [0.4, 0.5) is 0 Å². The van der Waals surface area contributed by atoms with Crippen molar-refractivity contribution in [1.82, 2.24) is 0 Å². The highest BCUT2D eigenvalue weighted by Crippen LogP contribution is 2.45. The predicted octanol–water partition coefficient (Wildman–Crippen LogP) is -0.689. The van der Waals surface area contributed by atoms with Crippen molar-refractivity contribution in [2.75, 3.05) is 13.7 Å². The molecule has 1 heterocycles. The summed E-state index contributed by atoms with van der Waals surface area (Å²) in [6, 6.07) is 3.09. The first kappa shape index (κ1) is 21.6. The van der Waals surface area contributed by atoms with Crippen molar-refractivity contribution in [3.05, 3.63) is 34.0 Å². The van der Waals surface area contributed by atoms with Crippen LogP contribution < -0.4 is 10.2 Å². The van der Waals surface area contributed by atoms with Gasteiger partial charge in [0.15, 0.2) is 17.2 Å². The summed E-state index contributed by atoms with van der Waals surface area (Å²) in [7, 11) is 1.09. The molecule has 0 aromatic heterocycles. The van der Waals surface area contributed by atoms with Gasteiger partial charge in [0.1, 0.15) is 12.2 Å². The minimum Gasteiger partial charge on any atom is -0.504 e. The lowest BCUT2D eigenvalue weighted by Crippen LogP contribution is -2.51. The van der Waals surface area contributed by atoms with Crippen molar-refractivity contribution < 1.29 is 49.6 Å². The Morgan fingerprint density at radius 3 is 2.47 bits per heavy atom. The number of carbonyl (C=O) groups excluding carboxylic acids is 1. The zero-order valence-electron chi connectivity index (χ0n) is 15.7. The Hall–Kier alpha value is -3.12. The molecule has 4 atom stereocenters. The van der Waals surface area contributed by atoms with Crippen LogP contribution in [0.25, 0.3) is 10.8 Å². The van der Waals surface area contributed by atoms with E-state index in [9.17, 15) is 40.2 Å². The average molecular weight is 424 g/mol. The van der Waals surface area contributed by atoms with Crippen molar-refractivity contribution in [2.24, 2.45) is 0 Å². The summed E-state index contributed by atoms with van der Waals surface area (Å²) < 4.78 is 15.4. The summed E-state index contributed by atoms with van der Waals surface area (Å²) >= 11 is 0. The van der Waals surface area contributed by atoms with Crippen LogP contribution in [0.15, 0.2) is 23.0 Å². The molecule has 0 saturated carbocycles. The number of aliphatic hydroxyl groups is 3. The van der Waals surface area contributed by atoms with Crippen molar-refractivity contribution in [3.63, 3.8) is 0 Å². The lowest BCUT2D eigenvalue weighted by molar-refractivity contribution is -0.230. The van der Waals surface area contributed by atoms with Crippen LogP contribution in [0.2, 0.25) is 0 Å². The number of carbonyl (C=O) groups is 1. The molecule has 3 rings (SSSR count). The Balaban J connectivity index is 2.11. The number of fused-ring (bicyclic) bond motifs is 1. The van der Waals surface area contributed by atoms with E-state index in [0.29, 0.717) is 0 Å². The Bertz CT molecular complexity index is 1040. The van der Waals surface area contributed by atoms with E-state index in [1.165, 1.54) is 0 Å². The largest absolute Gasteiger partial charge is 0.504 e. The fraction of sp³-hybridized carbons (Fsp3) is 0.368. The normalized spacial score (nSPS) is 23.9. The summed E-state index contributed by atoms with van der Waals surface area (Å²) in [5, 5.41) is 59.2. The standard InChI is InChI=1S/C19H20O11/c1-28-19(27)8-2-7-4-11(17(25)18(26)14(7)16(24)9(21)3-8)29-13-5-10(22)15(23)12(6-20)30-13/h2-4,10,12-13,15,20,22-23,25-26H,5-6H2,1H3,(H,21,24)/t10-,12-,13-,15-/m1/s1. The number of esters is 1. The third-order valence-electron chi connectivity index (χ3n) is 4.73. The summed E-state index contributed by atoms with van der Waals surface area (Å²) in [6.07, 6.45) is -5.22. The molecule has 0 spiro atoms. The first-order valence-corrected chi connectivity index (χ1v) is 8.81. The zero-order valence-corrected chi connectivity index (χ0v) is 15.7. The maximum absolute atomic E-state index is 12.1. The van der Waals surface area contributed by atoms with E-state index in [4.69, 9.17) is 9.47 Å². The summed E-state index contributed by atoms with van der Waals surface area (Å²) in [5.41, 5.74) is -1.22. The molecule has 1 aliphatic rings. The van der Waals surface area contributed by atoms with Gasteiger partial charge in [-0.25, -0.2) is 4.79 Å². The maximum Gasteiger partial charge on any atom is 0.338 e. The second kappa shape index (κ2) is 8.32. The van der Waals surface area contributed by atoms with Crippen LogP contribution in [0.3, 0.4) is 0 Å². The minimum atomic E-state index is -1.34. The van der Waals surface area contributed by atoms with E-state index >= 15 is 0 Å². The summed E-state index contributed by atoms with van der Waals surface area (Å²) in [5.74, 6) is -3.88. The molecule has 162 valence electrons. The second-order valence-electron chi connectivity index (χ2n) is 6.68. The van der Waals surface area contributed by atoms with Crippen LogP contribution in [0.5, 0.6) is 23.0 Å². The maximum atomic E-state index is 12.1. The number of aromatic hydroxyl groups is 3. The Morgan fingerprint density at radius 2 is 1.83 bits per heavy atom. The summed E-state index contributed by atoms with van der Waals surface area (Å²) in [6.45, 7) is -0.606. The van der Waals surface area contributed by atoms with Gasteiger partial charge in [-0.3, -0.25) is 4.79 Å². The highest BCUT2D eigenvalue weighted by molar-refractivity contribution is 6.00. The molecule has 0 bridgehead atoms. The summed E-state index contributed by atoms with van der Waals surface area (Å²) in [4.78, 5) is 24.0. The molecule has 1 saturated heterocycles. The number of methoxy groups -OCH3 is 1. The topological polar surface area (TPSA) is 183 Å². The number of hydrogen-bond acceptors (Lipinski definition) is 11. The van der Waals surface area contributed by atoms with E-state index in [2.05, 4.69) is 4.74 Å². The van der Waals surface area contributed by atoms with E-state index < -0.39 is 65.2 Å². The van der Waals surface area contributed by atoms with Gasteiger partial charge >= 0.3 is 5.97 Å². The molecule has 1 fully saturated rings. The molecular formula is C19H20O11. The molecule has 0 radical (unpaired) electrons. The van der Waals surface area contributed by atoms with Gasteiger partial charge in [-0.05, 0) is 17.5 Å². The molecule has 0 unspecified atom stereocenters. The number of hydrogen-bond donors (Lipinski definition) is 6. The van der Waals surface area contributed by atoms with E-state index in [1.807, 2.05) is 0 Å². The van der Waals surface area contributed by atoms with E-state index in [0.717, 1.165) is 25.3 Å². The van der Waals surface area contributed by atoms with Gasteiger partial charge in [0.25, 0.3) is 0 Å². The van der Waals surface area contributed by atoms with Gasteiger partial charge in [-0.1, -0.05) is 0 Å². The van der Waals surface area contributed by atoms with Crippen molar-refractivity contribution in [3.8, 4) is 23.0 Å². The molecular weight excluding hydrogens is 404 g/mol. The predicted molar refractivity (Wildman–Crippen MR) is 99.6 cm³/mol. The van der Waals surface area contributed by atoms with Gasteiger partial charge in [-0.15, -0.1) is 0 Å². The van der Waals surface area contributed by atoms with Crippen molar-refractivity contribution in [2.45, 2.75) is 31.0 Å². The number of phenolic OH excluding ortho intramolecular Hbond substituents is 2. The van der Waals surface area contributed by atoms with Gasteiger partial charge in [0.2, 0.25) is 17.5 Å². The average Bonchev–Trinajstić information content (AvgIpc) is 2.84. The van der Waals surface area contributed by atoms with Gasteiger partial charge < -0.3 is 44.8 Å². The Morgan fingerprint density at radius 1 is 1.13 bits per heavy atom. The fourth-order valence-electron chi connectivity index (χ4n) is 3.17. The first-order chi connectivity index (χ1) is 14.2. The SMILES string of the molecule is COC(=O)c1cc(=O)c(O)c2c(O)c(O)c(O[C@H]3C[C@@H](O)[C@@H](O)[C@@H](CO)O3)cc2c1. The molecule has 0 aliphatic carbocycles. The molecule has 1 aliphatic heterocycles. The minimum absolute atomic E-state index is 0.0459. The number of phenols is 2. The molecule has 30 heavy (non-hydrogen) atoms. The first-order valence-electron chi connectivity index (χ1n) is 8.81. The molecule has 11 nitrogen and oxygen atoms in total. The third kappa shape index (κ3) is 3.83. The van der Waals surface area contributed by atoms with Crippen molar-refractivity contribution >= 4 is 16.7 Å². The quantitative estimate of drug-likeness (QED) is 0.270. The Labute approximate surface area is 168 Å². The van der Waals surface area contributed by atoms with Crippen LogP contribution in [0.1, 0.15) is 16.8 Å². The van der Waals surface area contributed by atoms with Crippen molar-refractivity contribution in [1.29, 1.82) is 0 Å². The number of ether oxygens (including phenoxy) is 3. The second-order valence-corrected chi connectivity index (χ2v) is 6.68. The van der Waals surface area contributed by atoms with Crippen LogP contribution in [-0.4, -0.2) is 74.9 Å². The van der Waals surface area contributed by atoms with Crippen LogP contribution >= 0.6 is 0 Å².